The molecule has 0 spiro atoms. The van der Waals surface area contributed by atoms with Crippen molar-refractivity contribution >= 4 is 11.9 Å². The van der Waals surface area contributed by atoms with Gasteiger partial charge in [-0.05, 0) is 47.3 Å². The van der Waals surface area contributed by atoms with Crippen molar-refractivity contribution in [1.29, 1.82) is 0 Å². The number of carbonyl (C=O) groups is 2. The van der Waals surface area contributed by atoms with Crippen LogP contribution in [-0.2, 0) is 23.0 Å². The van der Waals surface area contributed by atoms with E-state index in [1.54, 1.807) is 0 Å². The van der Waals surface area contributed by atoms with Crippen LogP contribution in [0.3, 0.4) is 0 Å². The Hall–Kier alpha value is -2.56. The predicted molar refractivity (Wildman–Crippen MR) is 135 cm³/mol. The highest BCUT2D eigenvalue weighted by Gasteiger charge is 2.22. The number of benzene rings is 1. The van der Waals surface area contributed by atoms with E-state index in [9.17, 15) is 9.59 Å². The maximum atomic E-state index is 12.6. The molecule has 0 saturated heterocycles. The lowest BCUT2D eigenvalue weighted by Crippen LogP contribution is -2.27. The van der Waals surface area contributed by atoms with Crippen molar-refractivity contribution in [3.05, 3.63) is 47.8 Å². The summed E-state index contributed by atoms with van der Waals surface area (Å²) in [4.78, 5) is 24.7. The maximum absolute atomic E-state index is 12.6. The Balaban J connectivity index is 1.84. The van der Waals surface area contributed by atoms with E-state index in [2.05, 4.69) is 71.1 Å². The summed E-state index contributed by atoms with van der Waals surface area (Å²) in [5, 5.41) is 2.93. The van der Waals surface area contributed by atoms with Gasteiger partial charge in [0, 0.05) is 25.4 Å². The number of amides is 1. The van der Waals surface area contributed by atoms with Gasteiger partial charge in [0.25, 0.3) is 5.91 Å². The molecule has 0 radical (unpaired) electrons. The molecule has 2 aromatic rings. The zero-order chi connectivity index (χ0) is 24.8. The smallest absolute Gasteiger partial charge is 0.308 e. The van der Waals surface area contributed by atoms with Crippen LogP contribution in [0.4, 0.5) is 0 Å². The summed E-state index contributed by atoms with van der Waals surface area (Å²) in [6.07, 6.45) is 4.39. The summed E-state index contributed by atoms with van der Waals surface area (Å²) in [7, 11) is 1.88. The minimum Gasteiger partial charge on any atom is -0.465 e. The molecule has 5 heteroatoms. The van der Waals surface area contributed by atoms with Crippen LogP contribution in [-0.4, -0.2) is 29.6 Å². The molecule has 33 heavy (non-hydrogen) atoms. The summed E-state index contributed by atoms with van der Waals surface area (Å²) in [6.45, 7) is 15.7. The van der Waals surface area contributed by atoms with E-state index in [4.69, 9.17) is 4.74 Å². The Bertz CT molecular complexity index is 928. The minimum absolute atomic E-state index is 0.0921. The fourth-order valence-electron chi connectivity index (χ4n) is 4.06. The zero-order valence-electron chi connectivity index (χ0n) is 21.7. The van der Waals surface area contributed by atoms with Crippen LogP contribution in [0.25, 0.3) is 11.1 Å². The van der Waals surface area contributed by atoms with Gasteiger partial charge in [-0.3, -0.25) is 9.59 Å². The number of aryl methyl sites for hydroxylation is 1. The first-order chi connectivity index (χ1) is 15.2. The molecule has 1 unspecified atom stereocenters. The Morgan fingerprint density at radius 1 is 1.00 bits per heavy atom. The normalized spacial score (nSPS) is 13.0. The van der Waals surface area contributed by atoms with E-state index >= 15 is 0 Å². The molecule has 0 aliphatic heterocycles. The van der Waals surface area contributed by atoms with Gasteiger partial charge in [0.05, 0.1) is 12.5 Å². The van der Waals surface area contributed by atoms with Gasteiger partial charge in [0.1, 0.15) is 5.69 Å². The Morgan fingerprint density at radius 2 is 1.64 bits per heavy atom. The number of nitrogens with one attached hydrogen (secondary N) is 1. The van der Waals surface area contributed by atoms with E-state index < -0.39 is 0 Å². The van der Waals surface area contributed by atoms with Gasteiger partial charge in [-0.25, -0.2) is 0 Å². The molecule has 1 amide bonds. The van der Waals surface area contributed by atoms with Gasteiger partial charge in [-0.2, -0.15) is 0 Å². The summed E-state index contributed by atoms with van der Waals surface area (Å²) >= 11 is 0. The number of hydrogen-bond acceptors (Lipinski definition) is 3. The third kappa shape index (κ3) is 9.07. The van der Waals surface area contributed by atoms with E-state index in [1.165, 1.54) is 5.56 Å². The highest BCUT2D eigenvalue weighted by Crippen LogP contribution is 2.26. The van der Waals surface area contributed by atoms with Gasteiger partial charge >= 0.3 is 5.97 Å². The van der Waals surface area contributed by atoms with Crippen molar-refractivity contribution in [2.75, 3.05) is 13.2 Å². The summed E-state index contributed by atoms with van der Waals surface area (Å²) in [5.41, 5.74) is 4.38. The van der Waals surface area contributed by atoms with Crippen LogP contribution in [0.5, 0.6) is 0 Å². The van der Waals surface area contributed by atoms with Gasteiger partial charge in [-0.15, -0.1) is 0 Å². The number of esters is 1. The standard InChI is InChI=1S/C28H42N2O3/c1-20(17-27(2,3)4)26(32)33-15-9-14-29-25(31)24-16-23(19-30(24)8)22-12-10-21(11-13-22)18-28(5,6)7/h10-13,16,19-20H,9,14-15,17-18H2,1-8H3,(H,29,31). The van der Waals surface area contributed by atoms with E-state index in [0.717, 1.165) is 24.0 Å². The highest BCUT2D eigenvalue weighted by atomic mass is 16.5. The molecule has 0 aliphatic carbocycles. The number of hydrogen-bond donors (Lipinski definition) is 1. The fourth-order valence-corrected chi connectivity index (χ4v) is 4.06. The molecule has 1 atom stereocenters. The average Bonchev–Trinajstić information content (AvgIpc) is 3.07. The molecule has 1 aromatic heterocycles. The quantitative estimate of drug-likeness (QED) is 0.372. The fraction of sp³-hybridized carbons (Fsp3) is 0.571. The summed E-state index contributed by atoms with van der Waals surface area (Å²) in [6, 6.07) is 10.5. The average molecular weight is 455 g/mol. The lowest BCUT2D eigenvalue weighted by molar-refractivity contribution is -0.149. The van der Waals surface area contributed by atoms with Crippen molar-refractivity contribution in [2.45, 2.75) is 67.7 Å². The van der Waals surface area contributed by atoms with Crippen molar-refractivity contribution in [2.24, 2.45) is 23.8 Å². The van der Waals surface area contributed by atoms with E-state index in [1.807, 2.05) is 30.8 Å². The van der Waals surface area contributed by atoms with Gasteiger partial charge in [0.15, 0.2) is 0 Å². The Morgan fingerprint density at radius 3 is 2.21 bits per heavy atom. The van der Waals surface area contributed by atoms with Crippen molar-refractivity contribution in [3.63, 3.8) is 0 Å². The topological polar surface area (TPSA) is 60.3 Å². The molecular formula is C28H42N2O3. The molecule has 0 bridgehead atoms. The largest absolute Gasteiger partial charge is 0.465 e. The number of nitrogens with zero attached hydrogens (tertiary/aromatic N) is 1. The second-order valence-electron chi connectivity index (χ2n) is 11.6. The van der Waals surface area contributed by atoms with Crippen LogP contribution in [0.2, 0.25) is 0 Å². The zero-order valence-corrected chi connectivity index (χ0v) is 21.7. The number of rotatable bonds is 9. The monoisotopic (exact) mass is 454 g/mol. The van der Waals surface area contributed by atoms with Crippen molar-refractivity contribution in [3.8, 4) is 11.1 Å². The molecule has 1 aromatic carbocycles. The van der Waals surface area contributed by atoms with Crippen LogP contribution in [0.1, 0.15) is 77.4 Å². The first kappa shape index (κ1) is 26.7. The van der Waals surface area contributed by atoms with Gasteiger partial charge in [-0.1, -0.05) is 72.7 Å². The van der Waals surface area contributed by atoms with Crippen LogP contribution < -0.4 is 5.32 Å². The van der Waals surface area contributed by atoms with Crippen LogP contribution in [0, 0.1) is 16.7 Å². The van der Waals surface area contributed by atoms with Crippen molar-refractivity contribution in [1.82, 2.24) is 9.88 Å². The number of aromatic nitrogens is 1. The lowest BCUT2D eigenvalue weighted by atomic mass is 9.85. The Labute approximate surface area is 199 Å². The molecule has 1 heterocycles. The second-order valence-corrected chi connectivity index (χ2v) is 11.6. The lowest BCUT2D eigenvalue weighted by Gasteiger charge is -2.22. The molecule has 0 fully saturated rings. The van der Waals surface area contributed by atoms with E-state index in [0.29, 0.717) is 25.3 Å². The number of carbonyl (C=O) groups excluding carboxylic acids is 2. The minimum atomic E-state index is -0.170. The van der Waals surface area contributed by atoms with Gasteiger partial charge in [0.2, 0.25) is 0 Å². The summed E-state index contributed by atoms with van der Waals surface area (Å²) in [5.74, 6) is -0.415. The Kier molecular flexibility index (Phi) is 8.93. The summed E-state index contributed by atoms with van der Waals surface area (Å²) < 4.78 is 7.22. The molecule has 0 saturated carbocycles. The second kappa shape index (κ2) is 11.0. The molecule has 182 valence electrons. The molecule has 0 aliphatic rings. The molecule has 5 nitrogen and oxygen atoms in total. The molecule has 2 rings (SSSR count). The molecular weight excluding hydrogens is 412 g/mol. The third-order valence-electron chi connectivity index (χ3n) is 5.43. The highest BCUT2D eigenvalue weighted by molar-refractivity contribution is 5.94. The van der Waals surface area contributed by atoms with Gasteiger partial charge < -0.3 is 14.6 Å². The van der Waals surface area contributed by atoms with Crippen molar-refractivity contribution < 1.29 is 14.3 Å². The SMILES string of the molecule is CC(CC(C)(C)C)C(=O)OCCCNC(=O)c1cc(-c2ccc(CC(C)(C)C)cc2)cn1C. The third-order valence-corrected chi connectivity index (χ3v) is 5.43. The maximum Gasteiger partial charge on any atom is 0.308 e. The van der Waals surface area contributed by atoms with Crippen LogP contribution in [0.15, 0.2) is 36.5 Å². The first-order valence-corrected chi connectivity index (χ1v) is 12.0. The van der Waals surface area contributed by atoms with Crippen LogP contribution >= 0.6 is 0 Å². The molecule has 1 N–H and O–H groups in total. The first-order valence-electron chi connectivity index (χ1n) is 12.0. The van der Waals surface area contributed by atoms with E-state index in [-0.39, 0.29) is 28.6 Å². The number of ether oxygens (including phenoxy) is 1. The predicted octanol–water partition coefficient (Wildman–Crippen LogP) is 6.02.